The molecule has 0 unspecified atom stereocenters. The van der Waals surface area contributed by atoms with Crippen molar-refractivity contribution in [2.24, 2.45) is 0 Å². The number of amides is 2. The molecule has 4 aliphatic rings. The summed E-state index contributed by atoms with van der Waals surface area (Å²) >= 11 is 0. The van der Waals surface area contributed by atoms with E-state index >= 15 is 0 Å². The predicted molar refractivity (Wildman–Crippen MR) is 157 cm³/mol. The second-order valence-electron chi connectivity index (χ2n) is 12.3. The molecule has 3 fully saturated rings. The first kappa shape index (κ1) is 31.5. The molecule has 3 saturated heterocycles. The molecular formula is C32H34F4N6O5. The van der Waals surface area contributed by atoms with Crippen LogP contribution in [0.4, 0.5) is 17.6 Å². The zero-order valence-electron chi connectivity index (χ0n) is 25.4. The van der Waals surface area contributed by atoms with Gasteiger partial charge in [-0.2, -0.15) is 13.2 Å². The van der Waals surface area contributed by atoms with Crippen LogP contribution in [-0.2, 0) is 27.1 Å². The molecule has 11 nitrogen and oxygen atoms in total. The van der Waals surface area contributed by atoms with Crippen LogP contribution in [0.5, 0.6) is 5.75 Å². The van der Waals surface area contributed by atoms with Crippen molar-refractivity contribution in [1.82, 2.24) is 29.7 Å². The molecule has 3 aromatic rings. The molecule has 4 aliphatic heterocycles. The summed E-state index contributed by atoms with van der Waals surface area (Å²) in [6, 6.07) is 7.63. The summed E-state index contributed by atoms with van der Waals surface area (Å²) in [4.78, 5) is 33.6. The van der Waals surface area contributed by atoms with Crippen molar-refractivity contribution >= 4 is 11.8 Å². The summed E-state index contributed by atoms with van der Waals surface area (Å²) in [6.45, 7) is 3.00. The summed E-state index contributed by atoms with van der Waals surface area (Å²) in [5, 5.41) is 8.18. The Bertz CT molecular complexity index is 1610. The van der Waals surface area contributed by atoms with Gasteiger partial charge in [-0.05, 0) is 55.3 Å². The number of carbonyl (C=O) groups is 2. The number of piperazine rings is 1. The second-order valence-corrected chi connectivity index (χ2v) is 12.3. The van der Waals surface area contributed by atoms with Crippen LogP contribution in [0, 0.1) is 5.82 Å². The molecule has 250 valence electrons. The lowest BCUT2D eigenvalue weighted by Gasteiger charge is -2.46. The van der Waals surface area contributed by atoms with Crippen molar-refractivity contribution in [3.05, 3.63) is 71.3 Å². The molecule has 47 heavy (non-hydrogen) atoms. The van der Waals surface area contributed by atoms with Crippen molar-refractivity contribution in [2.75, 3.05) is 46.0 Å². The van der Waals surface area contributed by atoms with Crippen LogP contribution < -0.4 is 4.74 Å². The summed E-state index contributed by atoms with van der Waals surface area (Å²) in [5.74, 6) is -1.34. The number of nitrogens with zero attached hydrogens (tertiary/aromatic N) is 6. The molecule has 0 aliphatic carbocycles. The van der Waals surface area contributed by atoms with Gasteiger partial charge >= 0.3 is 6.18 Å². The van der Waals surface area contributed by atoms with E-state index in [4.69, 9.17) is 14.2 Å². The monoisotopic (exact) mass is 658 g/mol. The number of benzene rings is 2. The second kappa shape index (κ2) is 12.8. The normalized spacial score (nSPS) is 24.5. The fourth-order valence-electron chi connectivity index (χ4n) is 6.89. The van der Waals surface area contributed by atoms with E-state index in [-0.39, 0.29) is 55.3 Å². The van der Waals surface area contributed by atoms with Gasteiger partial charge in [0, 0.05) is 51.9 Å². The molecule has 0 bridgehead atoms. The number of hydrogen-bond donors (Lipinski definition) is 0. The highest BCUT2D eigenvalue weighted by molar-refractivity contribution is 6.00. The van der Waals surface area contributed by atoms with Gasteiger partial charge in [-0.1, -0.05) is 5.21 Å². The van der Waals surface area contributed by atoms with E-state index in [1.165, 1.54) is 27.8 Å². The Kier molecular flexibility index (Phi) is 8.61. The number of rotatable bonds is 5. The van der Waals surface area contributed by atoms with E-state index in [0.29, 0.717) is 50.3 Å². The molecular weight excluding hydrogens is 624 g/mol. The zero-order chi connectivity index (χ0) is 32.7. The van der Waals surface area contributed by atoms with Crippen molar-refractivity contribution in [3.63, 3.8) is 0 Å². The van der Waals surface area contributed by atoms with Crippen LogP contribution in [0.25, 0.3) is 5.69 Å². The van der Waals surface area contributed by atoms with E-state index in [1.807, 2.05) is 0 Å². The van der Waals surface area contributed by atoms with Gasteiger partial charge in [0.1, 0.15) is 29.9 Å². The quantitative estimate of drug-likeness (QED) is 0.385. The van der Waals surface area contributed by atoms with Crippen LogP contribution in [0.1, 0.15) is 40.9 Å². The first-order valence-corrected chi connectivity index (χ1v) is 15.7. The molecule has 3 atom stereocenters. The van der Waals surface area contributed by atoms with E-state index in [1.54, 1.807) is 23.2 Å². The van der Waals surface area contributed by atoms with Gasteiger partial charge in [0.2, 0.25) is 5.91 Å². The zero-order valence-corrected chi connectivity index (χ0v) is 25.4. The molecule has 5 heterocycles. The molecule has 0 radical (unpaired) electrons. The Morgan fingerprint density at radius 1 is 0.957 bits per heavy atom. The average molecular weight is 659 g/mol. The molecule has 0 saturated carbocycles. The van der Waals surface area contributed by atoms with Gasteiger partial charge in [-0.15, -0.1) is 5.10 Å². The Morgan fingerprint density at radius 2 is 1.74 bits per heavy atom. The van der Waals surface area contributed by atoms with Gasteiger partial charge in [0.15, 0.2) is 0 Å². The number of aromatic nitrogens is 3. The maximum atomic E-state index is 14.2. The van der Waals surface area contributed by atoms with Crippen LogP contribution >= 0.6 is 0 Å². The minimum Gasteiger partial charge on any atom is -0.491 e. The van der Waals surface area contributed by atoms with Crippen molar-refractivity contribution < 1.29 is 41.4 Å². The molecule has 2 amide bonds. The largest absolute Gasteiger partial charge is 0.491 e. The van der Waals surface area contributed by atoms with E-state index in [2.05, 4.69) is 15.2 Å². The van der Waals surface area contributed by atoms with Gasteiger partial charge in [0.05, 0.1) is 41.8 Å². The standard InChI is InChI=1S/C32H34F4N6O5/c33-21-2-4-24(5-3-21)42-15-22(37-38-42)18-46-26-14-28-31(44)40-10-9-39(23-7-11-45-12-8-23)16-25(40)19-47-29-6-1-20(32(34,35)36)13-27(29)30(43)41(28)17-26/h1-6,13,15,23,25-26,28H,7-12,14,16-19H2/t25-,26+,28-/m0/s1. The summed E-state index contributed by atoms with van der Waals surface area (Å²) in [6.07, 6.45) is -1.71. The third-order valence-corrected chi connectivity index (χ3v) is 9.38. The maximum Gasteiger partial charge on any atom is 0.416 e. The Labute approximate surface area is 267 Å². The van der Waals surface area contributed by atoms with Crippen LogP contribution in [0.3, 0.4) is 0 Å². The lowest BCUT2D eigenvalue weighted by Crippen LogP contribution is -2.62. The van der Waals surface area contributed by atoms with Gasteiger partial charge < -0.3 is 24.0 Å². The summed E-state index contributed by atoms with van der Waals surface area (Å²) in [7, 11) is 0. The SMILES string of the molecule is O=C1[C@@H]2C[C@@H](OCc3cn(-c4ccc(F)cc4)nn3)CN2C(=O)c2cc(C(F)(F)F)ccc2OC[C@@H]2CN(C3CCOCC3)CCN12. The molecule has 0 spiro atoms. The fourth-order valence-corrected chi connectivity index (χ4v) is 6.89. The molecule has 0 N–H and O–H groups in total. The Hall–Kier alpha value is -4.08. The smallest absolute Gasteiger partial charge is 0.416 e. The Morgan fingerprint density at radius 3 is 2.51 bits per heavy atom. The minimum absolute atomic E-state index is 0.0102. The maximum absolute atomic E-state index is 14.2. The summed E-state index contributed by atoms with van der Waals surface area (Å²) < 4.78 is 73.7. The number of halogens is 4. The van der Waals surface area contributed by atoms with Crippen molar-refractivity contribution in [1.29, 1.82) is 0 Å². The van der Waals surface area contributed by atoms with Crippen molar-refractivity contribution in [2.45, 2.75) is 56.3 Å². The van der Waals surface area contributed by atoms with Crippen LogP contribution in [0.15, 0.2) is 48.7 Å². The predicted octanol–water partition coefficient (Wildman–Crippen LogP) is 3.31. The van der Waals surface area contributed by atoms with E-state index < -0.39 is 29.8 Å². The van der Waals surface area contributed by atoms with Crippen molar-refractivity contribution in [3.8, 4) is 11.4 Å². The highest BCUT2D eigenvalue weighted by Gasteiger charge is 2.46. The first-order chi connectivity index (χ1) is 22.6. The Balaban J connectivity index is 1.14. The number of fused-ring (bicyclic) bond motifs is 3. The van der Waals surface area contributed by atoms with Crippen LogP contribution in [0.2, 0.25) is 0 Å². The first-order valence-electron chi connectivity index (χ1n) is 15.7. The fraction of sp³-hybridized carbons (Fsp3) is 0.500. The molecule has 2 aromatic carbocycles. The lowest BCUT2D eigenvalue weighted by atomic mass is 10.0. The lowest BCUT2D eigenvalue weighted by molar-refractivity contribution is -0.143. The topological polar surface area (TPSA) is 102 Å². The number of alkyl halides is 3. The number of hydrogen-bond acceptors (Lipinski definition) is 8. The third-order valence-electron chi connectivity index (χ3n) is 9.38. The van der Waals surface area contributed by atoms with Gasteiger partial charge in [-0.25, -0.2) is 9.07 Å². The molecule has 7 rings (SSSR count). The van der Waals surface area contributed by atoms with Crippen LogP contribution in [-0.4, -0.2) is 112 Å². The van der Waals surface area contributed by atoms with Gasteiger partial charge in [-0.3, -0.25) is 14.5 Å². The highest BCUT2D eigenvalue weighted by Crippen LogP contribution is 2.36. The van der Waals surface area contributed by atoms with E-state index in [9.17, 15) is 27.2 Å². The van der Waals surface area contributed by atoms with E-state index in [0.717, 1.165) is 25.0 Å². The van der Waals surface area contributed by atoms with Gasteiger partial charge in [0.25, 0.3) is 5.91 Å². The number of carbonyl (C=O) groups excluding carboxylic acids is 2. The minimum atomic E-state index is -4.67. The molecule has 15 heteroatoms. The number of ether oxygens (including phenoxy) is 3. The molecule has 1 aromatic heterocycles. The highest BCUT2D eigenvalue weighted by atomic mass is 19.4. The average Bonchev–Trinajstić information content (AvgIpc) is 3.73. The third kappa shape index (κ3) is 6.56. The summed E-state index contributed by atoms with van der Waals surface area (Å²) in [5.41, 5.74) is -0.150.